The van der Waals surface area contributed by atoms with E-state index in [1.165, 1.54) is 17.2 Å². The highest BCUT2D eigenvalue weighted by Gasteiger charge is 2.14. The van der Waals surface area contributed by atoms with Crippen LogP contribution in [0.25, 0.3) is 0 Å². The molecule has 0 fully saturated rings. The highest BCUT2D eigenvalue weighted by atomic mass is 35.5. The summed E-state index contributed by atoms with van der Waals surface area (Å²) >= 11 is 5.73. The van der Waals surface area contributed by atoms with E-state index < -0.39 is 0 Å². The molecule has 0 amide bonds. The van der Waals surface area contributed by atoms with E-state index in [4.69, 9.17) is 16.3 Å². The molecule has 0 saturated heterocycles. The third-order valence-corrected chi connectivity index (χ3v) is 3.88. The van der Waals surface area contributed by atoms with Crippen LogP contribution in [0.15, 0.2) is 24.3 Å². The van der Waals surface area contributed by atoms with E-state index >= 15 is 0 Å². The van der Waals surface area contributed by atoms with Crippen LogP contribution < -0.4 is 10.1 Å². The number of nitrogens with zero attached hydrogens (tertiary/aromatic N) is 1. The van der Waals surface area contributed by atoms with Gasteiger partial charge in [-0.15, -0.1) is 0 Å². The maximum Gasteiger partial charge on any atom is 0.214 e. The van der Waals surface area contributed by atoms with Crippen LogP contribution in [0.3, 0.4) is 0 Å². The van der Waals surface area contributed by atoms with Crippen molar-refractivity contribution in [3.05, 3.63) is 57.5 Å². The molecule has 1 N–H and O–H groups in total. The molecule has 0 spiro atoms. The van der Waals surface area contributed by atoms with Gasteiger partial charge >= 0.3 is 0 Å². The molecule has 2 aromatic rings. The lowest BCUT2D eigenvalue weighted by Crippen LogP contribution is -2.25. The minimum Gasteiger partial charge on any atom is -0.473 e. The summed E-state index contributed by atoms with van der Waals surface area (Å²) in [5.74, 6) is 0.170. The van der Waals surface area contributed by atoms with Crippen molar-refractivity contribution in [2.45, 2.75) is 26.5 Å². The van der Waals surface area contributed by atoms with Gasteiger partial charge in [0.2, 0.25) is 5.88 Å². The Hall–Kier alpha value is -1.65. The lowest BCUT2D eigenvalue weighted by atomic mass is 10.0. The number of fused-ring (bicyclic) bond motifs is 1. The first kappa shape index (κ1) is 14.3. The van der Waals surface area contributed by atoms with Crippen LogP contribution in [0.4, 0.5) is 4.39 Å². The molecule has 2 heterocycles. The third kappa shape index (κ3) is 3.17. The van der Waals surface area contributed by atoms with Crippen molar-refractivity contribution in [3.63, 3.8) is 0 Å². The first-order valence-electron chi connectivity index (χ1n) is 6.90. The van der Waals surface area contributed by atoms with Gasteiger partial charge in [0, 0.05) is 23.2 Å². The van der Waals surface area contributed by atoms with Gasteiger partial charge in [-0.3, -0.25) is 0 Å². The van der Waals surface area contributed by atoms with Gasteiger partial charge in [-0.2, -0.15) is 0 Å². The van der Waals surface area contributed by atoms with E-state index in [-0.39, 0.29) is 12.4 Å². The number of rotatable bonds is 3. The topological polar surface area (TPSA) is 34.1 Å². The van der Waals surface area contributed by atoms with Gasteiger partial charge in [0.15, 0.2) is 0 Å². The van der Waals surface area contributed by atoms with Crippen molar-refractivity contribution in [2.75, 3.05) is 6.54 Å². The summed E-state index contributed by atoms with van der Waals surface area (Å²) in [4.78, 5) is 4.50. The van der Waals surface area contributed by atoms with Gasteiger partial charge in [-0.1, -0.05) is 17.7 Å². The van der Waals surface area contributed by atoms with E-state index in [1.807, 2.05) is 6.07 Å². The van der Waals surface area contributed by atoms with Crippen LogP contribution in [-0.2, 0) is 19.6 Å². The second kappa shape index (κ2) is 6.00. The fourth-order valence-electron chi connectivity index (χ4n) is 2.50. The molecule has 0 atom stereocenters. The minimum absolute atomic E-state index is 0.141. The zero-order valence-corrected chi connectivity index (χ0v) is 12.5. The first-order chi connectivity index (χ1) is 10.1. The highest BCUT2D eigenvalue weighted by molar-refractivity contribution is 6.30. The molecular formula is C16H16ClFN2O. The second-order valence-corrected chi connectivity index (χ2v) is 5.59. The maximum atomic E-state index is 13.7. The monoisotopic (exact) mass is 306 g/mol. The smallest absolute Gasteiger partial charge is 0.214 e. The van der Waals surface area contributed by atoms with Gasteiger partial charge in [0.05, 0.1) is 5.69 Å². The number of nitrogens with one attached hydrogen (secondary N) is 1. The van der Waals surface area contributed by atoms with Gasteiger partial charge in [0.1, 0.15) is 12.4 Å². The average Bonchev–Trinajstić information content (AvgIpc) is 2.46. The molecule has 1 aromatic carbocycles. The van der Waals surface area contributed by atoms with Crippen molar-refractivity contribution < 1.29 is 9.13 Å². The third-order valence-electron chi connectivity index (χ3n) is 3.64. The Morgan fingerprint density at radius 2 is 2.24 bits per heavy atom. The molecule has 0 bridgehead atoms. The Balaban J connectivity index is 1.77. The Kier molecular flexibility index (Phi) is 4.08. The first-order valence-corrected chi connectivity index (χ1v) is 7.28. The van der Waals surface area contributed by atoms with Crippen LogP contribution >= 0.6 is 11.6 Å². The fourth-order valence-corrected chi connectivity index (χ4v) is 2.66. The summed E-state index contributed by atoms with van der Waals surface area (Å²) in [6.07, 6.45) is 0.986. The Morgan fingerprint density at radius 1 is 1.38 bits per heavy atom. The predicted octanol–water partition coefficient (Wildman–Crippen LogP) is 3.41. The van der Waals surface area contributed by atoms with Gasteiger partial charge in [-0.25, -0.2) is 9.37 Å². The normalized spacial score (nSPS) is 13.9. The van der Waals surface area contributed by atoms with E-state index in [9.17, 15) is 4.39 Å². The molecule has 1 aromatic heterocycles. The summed E-state index contributed by atoms with van der Waals surface area (Å²) in [6.45, 7) is 3.93. The zero-order valence-electron chi connectivity index (χ0n) is 11.7. The van der Waals surface area contributed by atoms with E-state index in [1.54, 1.807) is 12.1 Å². The number of pyridine rings is 1. The molecular weight excluding hydrogens is 291 g/mol. The number of benzene rings is 1. The van der Waals surface area contributed by atoms with Gasteiger partial charge < -0.3 is 10.1 Å². The van der Waals surface area contributed by atoms with E-state index in [2.05, 4.69) is 17.2 Å². The average molecular weight is 307 g/mol. The molecule has 0 saturated carbocycles. The fraction of sp³-hybridized carbons (Fsp3) is 0.312. The SMILES string of the molecule is Cc1cc(OCc2ccc(Cl)cc2F)nc2c1CCNC2. The maximum absolute atomic E-state index is 13.7. The molecule has 1 aliphatic heterocycles. The summed E-state index contributed by atoms with van der Waals surface area (Å²) < 4.78 is 19.3. The lowest BCUT2D eigenvalue weighted by molar-refractivity contribution is 0.286. The van der Waals surface area contributed by atoms with Crippen LogP contribution in [0.2, 0.25) is 5.02 Å². The molecule has 3 rings (SSSR count). The number of halogens is 2. The molecule has 0 aliphatic carbocycles. The Bertz CT molecular complexity index is 676. The second-order valence-electron chi connectivity index (χ2n) is 5.15. The summed E-state index contributed by atoms with van der Waals surface area (Å²) in [7, 11) is 0. The van der Waals surface area contributed by atoms with Crippen molar-refractivity contribution in [2.24, 2.45) is 0 Å². The number of aryl methyl sites for hydroxylation is 1. The number of ether oxygens (including phenoxy) is 1. The van der Waals surface area contributed by atoms with Crippen molar-refractivity contribution >= 4 is 11.6 Å². The van der Waals surface area contributed by atoms with Crippen LogP contribution in [-0.4, -0.2) is 11.5 Å². The number of aromatic nitrogens is 1. The zero-order chi connectivity index (χ0) is 14.8. The standard InChI is InChI=1S/C16H16ClFN2O/c1-10-6-16(20-15-8-19-5-4-13(10)15)21-9-11-2-3-12(17)7-14(11)18/h2-3,6-7,19H,4-5,8-9H2,1H3. The van der Waals surface area contributed by atoms with E-state index in [0.717, 1.165) is 25.2 Å². The molecule has 110 valence electrons. The van der Waals surface area contributed by atoms with Crippen LogP contribution in [0.5, 0.6) is 5.88 Å². The van der Waals surface area contributed by atoms with Crippen molar-refractivity contribution in [3.8, 4) is 5.88 Å². The number of hydrogen-bond donors (Lipinski definition) is 1. The van der Waals surface area contributed by atoms with Crippen LogP contribution in [0.1, 0.15) is 22.4 Å². The summed E-state index contributed by atoms with van der Waals surface area (Å²) in [5, 5.41) is 3.67. The summed E-state index contributed by atoms with van der Waals surface area (Å²) in [6, 6.07) is 6.48. The number of hydrogen-bond acceptors (Lipinski definition) is 3. The lowest BCUT2D eigenvalue weighted by Gasteiger charge is -2.19. The molecule has 5 heteroatoms. The molecule has 3 nitrogen and oxygen atoms in total. The highest BCUT2D eigenvalue weighted by Crippen LogP contribution is 2.22. The molecule has 0 radical (unpaired) electrons. The largest absolute Gasteiger partial charge is 0.473 e. The van der Waals surface area contributed by atoms with E-state index in [0.29, 0.717) is 16.5 Å². The van der Waals surface area contributed by atoms with Crippen molar-refractivity contribution in [1.29, 1.82) is 0 Å². The predicted molar refractivity (Wildman–Crippen MR) is 80.1 cm³/mol. The minimum atomic E-state index is -0.362. The summed E-state index contributed by atoms with van der Waals surface area (Å²) in [5.41, 5.74) is 3.95. The Morgan fingerprint density at radius 3 is 3.05 bits per heavy atom. The van der Waals surface area contributed by atoms with Gasteiger partial charge in [0.25, 0.3) is 0 Å². The molecule has 21 heavy (non-hydrogen) atoms. The quantitative estimate of drug-likeness (QED) is 0.943. The molecule has 1 aliphatic rings. The van der Waals surface area contributed by atoms with Crippen molar-refractivity contribution in [1.82, 2.24) is 10.3 Å². The van der Waals surface area contributed by atoms with Crippen LogP contribution in [0, 0.1) is 12.7 Å². The van der Waals surface area contributed by atoms with Gasteiger partial charge in [-0.05, 0) is 43.1 Å². The Labute approximate surface area is 128 Å². The molecule has 0 unspecified atom stereocenters.